The van der Waals surface area contributed by atoms with E-state index in [0.717, 1.165) is 16.3 Å². The molecule has 0 atom stereocenters. The molecular formula is C13H12Cl2N2. The lowest BCUT2D eigenvalue weighted by Crippen LogP contribution is -2.00. The number of anilines is 2. The monoisotopic (exact) mass is 266 g/mol. The molecule has 17 heavy (non-hydrogen) atoms. The fourth-order valence-corrected chi connectivity index (χ4v) is 1.97. The van der Waals surface area contributed by atoms with E-state index >= 15 is 0 Å². The third-order valence-corrected chi connectivity index (χ3v) is 3.10. The molecule has 0 saturated heterocycles. The Morgan fingerprint density at radius 3 is 2.47 bits per heavy atom. The highest BCUT2D eigenvalue weighted by Crippen LogP contribution is 2.25. The molecule has 0 amide bonds. The van der Waals surface area contributed by atoms with Crippen LogP contribution in [0.5, 0.6) is 0 Å². The first kappa shape index (κ1) is 12.1. The second-order valence-corrected chi connectivity index (χ2v) is 4.50. The van der Waals surface area contributed by atoms with Gasteiger partial charge in [-0.2, -0.15) is 0 Å². The Morgan fingerprint density at radius 1 is 1.00 bits per heavy atom. The van der Waals surface area contributed by atoms with Crippen LogP contribution in [-0.4, -0.2) is 0 Å². The summed E-state index contributed by atoms with van der Waals surface area (Å²) in [4.78, 5) is 0. The lowest BCUT2D eigenvalue weighted by atomic mass is 10.2. The van der Waals surface area contributed by atoms with E-state index in [1.54, 1.807) is 12.1 Å². The maximum atomic E-state index is 6.06. The molecule has 0 saturated carbocycles. The summed E-state index contributed by atoms with van der Waals surface area (Å²) in [6, 6.07) is 13.1. The van der Waals surface area contributed by atoms with Gasteiger partial charge in [0.15, 0.2) is 0 Å². The maximum absolute atomic E-state index is 6.06. The van der Waals surface area contributed by atoms with Crippen molar-refractivity contribution in [1.82, 2.24) is 0 Å². The Kier molecular flexibility index (Phi) is 3.77. The molecule has 2 rings (SSSR count). The van der Waals surface area contributed by atoms with Crippen LogP contribution in [0.2, 0.25) is 10.0 Å². The molecule has 88 valence electrons. The van der Waals surface area contributed by atoms with Crippen LogP contribution in [0.25, 0.3) is 0 Å². The third-order valence-electron chi connectivity index (χ3n) is 2.42. The lowest BCUT2D eigenvalue weighted by Gasteiger charge is -2.10. The number of hydrogen-bond donors (Lipinski definition) is 2. The molecule has 0 heterocycles. The standard InChI is InChI=1S/C13H12Cl2N2/c14-11-4-2-1-3-9(11)8-17-13-6-5-10(16)7-12(13)15/h1-7,17H,8,16H2. The predicted molar refractivity (Wildman–Crippen MR) is 74.6 cm³/mol. The largest absolute Gasteiger partial charge is 0.399 e. The van der Waals surface area contributed by atoms with Crippen LogP contribution in [0.4, 0.5) is 11.4 Å². The van der Waals surface area contributed by atoms with Crippen LogP contribution in [0.3, 0.4) is 0 Å². The van der Waals surface area contributed by atoms with Crippen LogP contribution in [0.1, 0.15) is 5.56 Å². The van der Waals surface area contributed by atoms with E-state index in [4.69, 9.17) is 28.9 Å². The summed E-state index contributed by atoms with van der Waals surface area (Å²) < 4.78 is 0. The molecule has 0 aromatic heterocycles. The second kappa shape index (κ2) is 5.30. The molecule has 0 aliphatic rings. The summed E-state index contributed by atoms with van der Waals surface area (Å²) in [5.74, 6) is 0. The van der Waals surface area contributed by atoms with Gasteiger partial charge in [0.25, 0.3) is 0 Å². The first-order valence-corrected chi connectivity index (χ1v) is 5.95. The highest BCUT2D eigenvalue weighted by Gasteiger charge is 2.02. The number of benzene rings is 2. The summed E-state index contributed by atoms with van der Waals surface area (Å²) >= 11 is 12.1. The van der Waals surface area contributed by atoms with Gasteiger partial charge in [0.1, 0.15) is 0 Å². The highest BCUT2D eigenvalue weighted by molar-refractivity contribution is 6.33. The molecule has 0 aliphatic carbocycles. The van der Waals surface area contributed by atoms with Crippen molar-refractivity contribution in [1.29, 1.82) is 0 Å². The fourth-order valence-electron chi connectivity index (χ4n) is 1.51. The molecule has 0 bridgehead atoms. The van der Waals surface area contributed by atoms with Crippen LogP contribution in [-0.2, 0) is 6.54 Å². The molecule has 0 spiro atoms. The van der Waals surface area contributed by atoms with Crippen molar-refractivity contribution in [2.45, 2.75) is 6.54 Å². The van der Waals surface area contributed by atoms with Crippen LogP contribution in [0.15, 0.2) is 42.5 Å². The Labute approximate surface area is 110 Å². The lowest BCUT2D eigenvalue weighted by molar-refractivity contribution is 1.15. The third kappa shape index (κ3) is 3.05. The molecule has 0 aliphatic heterocycles. The van der Waals surface area contributed by atoms with Crippen LogP contribution >= 0.6 is 23.2 Å². The number of nitrogens with two attached hydrogens (primary N) is 1. The van der Waals surface area contributed by atoms with Crippen molar-refractivity contribution in [2.75, 3.05) is 11.1 Å². The zero-order chi connectivity index (χ0) is 12.3. The van der Waals surface area contributed by atoms with Gasteiger partial charge in [0.2, 0.25) is 0 Å². The summed E-state index contributed by atoms with van der Waals surface area (Å²) in [5, 5.41) is 4.58. The van der Waals surface area contributed by atoms with Crippen molar-refractivity contribution >= 4 is 34.6 Å². The minimum absolute atomic E-state index is 0.608. The van der Waals surface area contributed by atoms with Crippen LogP contribution < -0.4 is 11.1 Å². The van der Waals surface area contributed by atoms with Crippen molar-refractivity contribution in [2.24, 2.45) is 0 Å². The van der Waals surface area contributed by atoms with Gasteiger partial charge in [0.05, 0.1) is 10.7 Å². The fraction of sp³-hybridized carbons (Fsp3) is 0.0769. The summed E-state index contributed by atoms with van der Waals surface area (Å²) in [6.45, 7) is 0.628. The Bertz CT molecular complexity index is 527. The first-order chi connectivity index (χ1) is 8.16. The Balaban J connectivity index is 2.10. The van der Waals surface area contributed by atoms with Gasteiger partial charge in [-0.25, -0.2) is 0 Å². The zero-order valence-electron chi connectivity index (χ0n) is 9.08. The second-order valence-electron chi connectivity index (χ2n) is 3.68. The van der Waals surface area contributed by atoms with E-state index in [0.29, 0.717) is 17.3 Å². The van der Waals surface area contributed by atoms with Crippen molar-refractivity contribution < 1.29 is 0 Å². The molecule has 0 fully saturated rings. The Morgan fingerprint density at radius 2 is 1.76 bits per heavy atom. The van der Waals surface area contributed by atoms with E-state index < -0.39 is 0 Å². The molecule has 0 unspecified atom stereocenters. The summed E-state index contributed by atoms with van der Waals surface area (Å²) in [7, 11) is 0. The Hall–Kier alpha value is -1.38. The van der Waals surface area contributed by atoms with Gasteiger partial charge in [-0.15, -0.1) is 0 Å². The molecule has 2 aromatic carbocycles. The molecule has 3 N–H and O–H groups in total. The first-order valence-electron chi connectivity index (χ1n) is 5.19. The topological polar surface area (TPSA) is 38.0 Å². The van der Waals surface area contributed by atoms with Gasteiger partial charge < -0.3 is 11.1 Å². The van der Waals surface area contributed by atoms with Gasteiger partial charge in [0, 0.05) is 17.3 Å². The quantitative estimate of drug-likeness (QED) is 0.818. The minimum Gasteiger partial charge on any atom is -0.399 e. The van der Waals surface area contributed by atoms with Crippen molar-refractivity contribution in [3.05, 3.63) is 58.1 Å². The molecule has 4 heteroatoms. The number of halogens is 2. The van der Waals surface area contributed by atoms with E-state index in [-0.39, 0.29) is 0 Å². The van der Waals surface area contributed by atoms with Crippen molar-refractivity contribution in [3.63, 3.8) is 0 Å². The number of hydrogen-bond acceptors (Lipinski definition) is 2. The minimum atomic E-state index is 0.608. The summed E-state index contributed by atoms with van der Waals surface area (Å²) in [6.07, 6.45) is 0. The maximum Gasteiger partial charge on any atom is 0.0658 e. The number of nitrogens with one attached hydrogen (secondary N) is 1. The normalized spacial score (nSPS) is 10.2. The number of nitrogen functional groups attached to an aromatic ring is 1. The molecular weight excluding hydrogens is 255 g/mol. The molecule has 0 radical (unpaired) electrons. The zero-order valence-corrected chi connectivity index (χ0v) is 10.6. The average molecular weight is 267 g/mol. The van der Waals surface area contributed by atoms with Gasteiger partial charge in [-0.05, 0) is 29.8 Å². The highest BCUT2D eigenvalue weighted by atomic mass is 35.5. The molecule has 2 aromatic rings. The van der Waals surface area contributed by atoms with Gasteiger partial charge in [-0.1, -0.05) is 41.4 Å². The molecule has 2 nitrogen and oxygen atoms in total. The van der Waals surface area contributed by atoms with Crippen LogP contribution in [0, 0.1) is 0 Å². The SMILES string of the molecule is Nc1ccc(NCc2ccccc2Cl)c(Cl)c1. The predicted octanol–water partition coefficient (Wildman–Crippen LogP) is 4.19. The van der Waals surface area contributed by atoms with Crippen molar-refractivity contribution in [3.8, 4) is 0 Å². The van der Waals surface area contributed by atoms with E-state index in [9.17, 15) is 0 Å². The van der Waals surface area contributed by atoms with E-state index in [1.807, 2.05) is 30.3 Å². The smallest absolute Gasteiger partial charge is 0.0658 e. The average Bonchev–Trinajstić information content (AvgIpc) is 2.30. The van der Waals surface area contributed by atoms with E-state index in [1.165, 1.54) is 0 Å². The van der Waals surface area contributed by atoms with E-state index in [2.05, 4.69) is 5.32 Å². The van der Waals surface area contributed by atoms with Gasteiger partial charge in [-0.3, -0.25) is 0 Å². The number of rotatable bonds is 3. The van der Waals surface area contributed by atoms with Gasteiger partial charge >= 0.3 is 0 Å². The summed E-state index contributed by atoms with van der Waals surface area (Å²) in [5.41, 5.74) is 8.15.